The highest BCUT2D eigenvalue weighted by atomic mass is 32.2. The third-order valence-electron chi connectivity index (χ3n) is 3.42. The van der Waals surface area contributed by atoms with Crippen molar-refractivity contribution in [3.05, 3.63) is 53.1 Å². The molecule has 2 heterocycles. The van der Waals surface area contributed by atoms with E-state index in [1.54, 1.807) is 11.8 Å². The predicted molar refractivity (Wildman–Crippen MR) is 82.7 cm³/mol. The second-order valence-corrected chi connectivity index (χ2v) is 6.36. The molecule has 4 heteroatoms. The Morgan fingerprint density at radius 1 is 1.15 bits per heavy atom. The fraction of sp³-hybridized carbons (Fsp3) is 0.375. The van der Waals surface area contributed by atoms with E-state index >= 15 is 0 Å². The van der Waals surface area contributed by atoms with Crippen LogP contribution in [-0.2, 0) is 18.8 Å². The Morgan fingerprint density at radius 3 is 2.70 bits per heavy atom. The number of fused-ring (bicyclic) bond motifs is 1. The van der Waals surface area contributed by atoms with Crippen LogP contribution in [0.5, 0.6) is 0 Å². The van der Waals surface area contributed by atoms with Gasteiger partial charge >= 0.3 is 0 Å². The molecule has 104 valence electrons. The zero-order chi connectivity index (χ0) is 13.9. The van der Waals surface area contributed by atoms with Crippen LogP contribution in [0.25, 0.3) is 0 Å². The number of nitrogens with one attached hydrogen (secondary N) is 1. The first-order chi connectivity index (χ1) is 9.74. The van der Waals surface area contributed by atoms with Crippen molar-refractivity contribution in [2.75, 3.05) is 0 Å². The molecule has 0 unspecified atom stereocenters. The van der Waals surface area contributed by atoms with Gasteiger partial charge in [0.25, 0.3) is 0 Å². The van der Waals surface area contributed by atoms with E-state index in [-0.39, 0.29) is 0 Å². The molecule has 3 nitrogen and oxygen atoms in total. The molecule has 1 aliphatic heterocycles. The fourth-order valence-corrected chi connectivity index (χ4v) is 3.23. The average Bonchev–Trinajstić information content (AvgIpc) is 2.93. The van der Waals surface area contributed by atoms with Crippen molar-refractivity contribution in [2.24, 2.45) is 0 Å². The van der Waals surface area contributed by atoms with E-state index in [0.717, 1.165) is 24.7 Å². The fourth-order valence-electron chi connectivity index (χ4n) is 2.45. The molecule has 1 aliphatic rings. The summed E-state index contributed by atoms with van der Waals surface area (Å²) in [5.41, 5.74) is 3.71. The second kappa shape index (κ2) is 5.94. The van der Waals surface area contributed by atoms with E-state index in [0.29, 0.717) is 5.92 Å². The molecule has 0 saturated carbocycles. The molecule has 0 aliphatic carbocycles. The van der Waals surface area contributed by atoms with Crippen LogP contribution in [0.1, 0.15) is 42.5 Å². The maximum Gasteiger partial charge on any atom is 0.139 e. The minimum absolute atomic E-state index is 0.451. The van der Waals surface area contributed by atoms with Gasteiger partial charge in [-0.3, -0.25) is 0 Å². The zero-order valence-electron chi connectivity index (χ0n) is 11.9. The lowest BCUT2D eigenvalue weighted by molar-refractivity contribution is 0.746. The Labute approximate surface area is 124 Å². The van der Waals surface area contributed by atoms with Crippen molar-refractivity contribution in [3.63, 3.8) is 0 Å². The maximum atomic E-state index is 4.79. The molecule has 1 aromatic heterocycles. The van der Waals surface area contributed by atoms with E-state index in [2.05, 4.69) is 43.4 Å². The molecular formula is C16H19N3S. The summed E-state index contributed by atoms with van der Waals surface area (Å²) in [6, 6.07) is 10.4. The van der Waals surface area contributed by atoms with Crippen molar-refractivity contribution < 1.29 is 0 Å². The van der Waals surface area contributed by atoms with Crippen LogP contribution < -0.4 is 5.32 Å². The molecular weight excluding hydrogens is 266 g/mol. The molecule has 0 fully saturated rings. The molecule has 0 saturated heterocycles. The summed E-state index contributed by atoms with van der Waals surface area (Å²) < 4.78 is 0. The Hall–Kier alpha value is -1.39. The minimum atomic E-state index is 0.451. The zero-order valence-corrected chi connectivity index (χ0v) is 12.7. The standard InChI is InChI=1S/C16H19N3S/c1-11(2)16-13-8-17-9-14(13)18-15(19-16)10-20-12-6-4-3-5-7-12/h3-7,11,17H,8-10H2,1-2H3. The summed E-state index contributed by atoms with van der Waals surface area (Å²) in [5.74, 6) is 2.23. The van der Waals surface area contributed by atoms with E-state index in [9.17, 15) is 0 Å². The van der Waals surface area contributed by atoms with Crippen molar-refractivity contribution in [2.45, 2.75) is 43.5 Å². The number of aromatic nitrogens is 2. The lowest BCUT2D eigenvalue weighted by Crippen LogP contribution is -2.06. The molecule has 0 bridgehead atoms. The Bertz CT molecular complexity index is 596. The van der Waals surface area contributed by atoms with Crippen LogP contribution >= 0.6 is 11.8 Å². The largest absolute Gasteiger partial charge is 0.307 e. The van der Waals surface area contributed by atoms with Gasteiger partial charge in [-0.15, -0.1) is 11.8 Å². The molecule has 0 atom stereocenters. The SMILES string of the molecule is CC(C)c1nc(CSc2ccccc2)nc2c1CNC2. The van der Waals surface area contributed by atoms with Crippen LogP contribution in [0, 0.1) is 0 Å². The summed E-state index contributed by atoms with van der Waals surface area (Å²) >= 11 is 1.79. The molecule has 20 heavy (non-hydrogen) atoms. The lowest BCUT2D eigenvalue weighted by atomic mass is 10.0. The summed E-state index contributed by atoms with van der Waals surface area (Å²) in [7, 11) is 0. The monoisotopic (exact) mass is 285 g/mol. The van der Waals surface area contributed by atoms with E-state index in [1.807, 2.05) is 6.07 Å². The van der Waals surface area contributed by atoms with Gasteiger partial charge in [0, 0.05) is 23.5 Å². The number of hydrogen-bond acceptors (Lipinski definition) is 4. The highest BCUT2D eigenvalue weighted by Crippen LogP contribution is 2.26. The maximum absolute atomic E-state index is 4.79. The lowest BCUT2D eigenvalue weighted by Gasteiger charge is -2.12. The van der Waals surface area contributed by atoms with Gasteiger partial charge in [0.05, 0.1) is 17.1 Å². The van der Waals surface area contributed by atoms with Gasteiger partial charge in [-0.1, -0.05) is 32.0 Å². The Balaban J connectivity index is 1.82. The topological polar surface area (TPSA) is 37.8 Å². The first kappa shape index (κ1) is 13.6. The molecule has 0 amide bonds. The van der Waals surface area contributed by atoms with E-state index in [4.69, 9.17) is 9.97 Å². The summed E-state index contributed by atoms with van der Waals surface area (Å²) in [6.45, 7) is 6.19. The number of benzene rings is 1. The van der Waals surface area contributed by atoms with Crippen molar-refractivity contribution >= 4 is 11.8 Å². The van der Waals surface area contributed by atoms with Crippen molar-refractivity contribution in [1.82, 2.24) is 15.3 Å². The van der Waals surface area contributed by atoms with Crippen molar-refractivity contribution in [3.8, 4) is 0 Å². The first-order valence-corrected chi connectivity index (χ1v) is 7.99. The summed E-state index contributed by atoms with van der Waals surface area (Å²) in [6.07, 6.45) is 0. The highest BCUT2D eigenvalue weighted by molar-refractivity contribution is 7.98. The number of rotatable bonds is 4. The smallest absolute Gasteiger partial charge is 0.139 e. The van der Waals surface area contributed by atoms with E-state index in [1.165, 1.54) is 21.8 Å². The first-order valence-electron chi connectivity index (χ1n) is 7.01. The normalized spacial score (nSPS) is 13.8. The molecule has 0 radical (unpaired) electrons. The van der Waals surface area contributed by atoms with Gasteiger partial charge in [-0.25, -0.2) is 9.97 Å². The van der Waals surface area contributed by atoms with Gasteiger partial charge in [-0.2, -0.15) is 0 Å². The molecule has 0 spiro atoms. The molecule has 2 aromatic rings. The van der Waals surface area contributed by atoms with Gasteiger partial charge in [0.1, 0.15) is 5.82 Å². The second-order valence-electron chi connectivity index (χ2n) is 5.31. The molecule has 1 N–H and O–H groups in total. The van der Waals surface area contributed by atoms with Gasteiger partial charge in [0.15, 0.2) is 0 Å². The van der Waals surface area contributed by atoms with Crippen LogP contribution in [0.15, 0.2) is 35.2 Å². The van der Waals surface area contributed by atoms with Crippen LogP contribution in [0.2, 0.25) is 0 Å². The molecule has 3 rings (SSSR count). The summed E-state index contributed by atoms with van der Waals surface area (Å²) in [5, 5.41) is 3.37. The predicted octanol–water partition coefficient (Wildman–Crippen LogP) is 3.50. The average molecular weight is 285 g/mol. The Kier molecular flexibility index (Phi) is 4.03. The van der Waals surface area contributed by atoms with E-state index < -0.39 is 0 Å². The molecule has 1 aromatic carbocycles. The number of thioether (sulfide) groups is 1. The summed E-state index contributed by atoms with van der Waals surface area (Å²) in [4.78, 5) is 10.8. The minimum Gasteiger partial charge on any atom is -0.307 e. The quantitative estimate of drug-likeness (QED) is 0.873. The Morgan fingerprint density at radius 2 is 1.95 bits per heavy atom. The third-order valence-corrected chi connectivity index (χ3v) is 4.43. The van der Waals surface area contributed by atoms with Crippen LogP contribution in [0.3, 0.4) is 0 Å². The third kappa shape index (κ3) is 2.86. The van der Waals surface area contributed by atoms with Crippen LogP contribution in [0.4, 0.5) is 0 Å². The van der Waals surface area contributed by atoms with Gasteiger partial charge in [0.2, 0.25) is 0 Å². The number of hydrogen-bond donors (Lipinski definition) is 1. The van der Waals surface area contributed by atoms with Crippen molar-refractivity contribution in [1.29, 1.82) is 0 Å². The van der Waals surface area contributed by atoms with Gasteiger partial charge < -0.3 is 5.32 Å². The van der Waals surface area contributed by atoms with Crippen LogP contribution in [-0.4, -0.2) is 9.97 Å². The van der Waals surface area contributed by atoms with Gasteiger partial charge in [-0.05, 0) is 18.1 Å². The highest BCUT2D eigenvalue weighted by Gasteiger charge is 2.20. The number of nitrogens with zero attached hydrogens (tertiary/aromatic N) is 2.